The normalized spacial score (nSPS) is 25.1. The average Bonchev–Trinajstić information content (AvgIpc) is 3.00. The number of hydrogen-bond donors (Lipinski definition) is 0. The van der Waals surface area contributed by atoms with E-state index in [0.717, 1.165) is 0 Å². The maximum Gasteiger partial charge on any atom is 0.253 e. The number of likely N-dealkylation sites (tertiary alicyclic amines) is 1. The molecule has 0 N–H and O–H groups in total. The van der Waals surface area contributed by atoms with Crippen LogP contribution in [0.3, 0.4) is 0 Å². The van der Waals surface area contributed by atoms with Gasteiger partial charge in [-0.15, -0.1) is 0 Å². The molecule has 2 fully saturated rings. The molecule has 0 bridgehead atoms. The van der Waals surface area contributed by atoms with Gasteiger partial charge in [-0.2, -0.15) is 0 Å². The van der Waals surface area contributed by atoms with Crippen molar-refractivity contribution in [3.05, 3.63) is 35.6 Å². The van der Waals surface area contributed by atoms with E-state index >= 15 is 0 Å². The van der Waals surface area contributed by atoms with Crippen molar-refractivity contribution in [1.29, 1.82) is 0 Å². The summed E-state index contributed by atoms with van der Waals surface area (Å²) < 4.78 is 36.3. The van der Waals surface area contributed by atoms with Crippen molar-refractivity contribution >= 4 is 21.7 Å². The van der Waals surface area contributed by atoms with Crippen molar-refractivity contribution < 1.29 is 22.4 Å². The van der Waals surface area contributed by atoms with E-state index in [-0.39, 0.29) is 35.3 Å². The highest BCUT2D eigenvalue weighted by Crippen LogP contribution is 2.24. The van der Waals surface area contributed by atoms with Gasteiger partial charge in [-0.05, 0) is 43.5 Å². The molecule has 2 amide bonds. The highest BCUT2D eigenvalue weighted by molar-refractivity contribution is 7.91. The Morgan fingerprint density at radius 3 is 2.50 bits per heavy atom. The summed E-state index contributed by atoms with van der Waals surface area (Å²) in [5, 5.41) is 0. The number of hydrogen-bond acceptors (Lipinski definition) is 4. The Labute approximate surface area is 152 Å². The second kappa shape index (κ2) is 7.34. The number of piperidine rings is 1. The highest BCUT2D eigenvalue weighted by atomic mass is 32.2. The summed E-state index contributed by atoms with van der Waals surface area (Å²) in [7, 11) is -1.41. The van der Waals surface area contributed by atoms with Crippen LogP contribution in [-0.2, 0) is 14.6 Å². The predicted octanol–water partition coefficient (Wildman–Crippen LogP) is 1.32. The van der Waals surface area contributed by atoms with Gasteiger partial charge >= 0.3 is 0 Å². The van der Waals surface area contributed by atoms with E-state index in [2.05, 4.69) is 0 Å². The van der Waals surface area contributed by atoms with Crippen molar-refractivity contribution in [2.24, 2.45) is 5.92 Å². The Bertz CT molecular complexity index is 794. The first-order valence-electron chi connectivity index (χ1n) is 8.79. The van der Waals surface area contributed by atoms with E-state index in [1.807, 2.05) is 0 Å². The maximum atomic E-state index is 13.0. The van der Waals surface area contributed by atoms with Gasteiger partial charge in [0.25, 0.3) is 5.91 Å². The number of halogens is 1. The van der Waals surface area contributed by atoms with Crippen LogP contribution in [0.25, 0.3) is 0 Å². The summed E-state index contributed by atoms with van der Waals surface area (Å²) in [6.07, 6.45) is 1.85. The molecule has 2 atom stereocenters. The second-order valence-corrected chi connectivity index (χ2v) is 9.33. The number of carbonyl (C=O) groups is 2. The Morgan fingerprint density at radius 1 is 1.19 bits per heavy atom. The third kappa shape index (κ3) is 4.06. The van der Waals surface area contributed by atoms with Crippen molar-refractivity contribution in [3.63, 3.8) is 0 Å². The molecule has 0 aromatic heterocycles. The lowest BCUT2D eigenvalue weighted by atomic mass is 9.95. The van der Waals surface area contributed by atoms with Crippen LogP contribution in [0, 0.1) is 11.7 Å². The lowest BCUT2D eigenvalue weighted by Crippen LogP contribution is -2.48. The van der Waals surface area contributed by atoms with Crippen LogP contribution in [0.4, 0.5) is 4.39 Å². The molecule has 3 rings (SSSR count). The Balaban J connectivity index is 1.65. The Hall–Kier alpha value is -1.96. The first kappa shape index (κ1) is 18.8. The highest BCUT2D eigenvalue weighted by Gasteiger charge is 2.37. The third-order valence-corrected chi connectivity index (χ3v) is 7.00. The topological polar surface area (TPSA) is 74.8 Å². The van der Waals surface area contributed by atoms with E-state index in [4.69, 9.17) is 0 Å². The number of benzene rings is 1. The van der Waals surface area contributed by atoms with Gasteiger partial charge < -0.3 is 9.80 Å². The molecule has 2 saturated heterocycles. The zero-order chi connectivity index (χ0) is 18.9. The summed E-state index contributed by atoms with van der Waals surface area (Å²) in [6.45, 7) is 0.861. The molecular formula is C18H23FN2O4S. The van der Waals surface area contributed by atoms with Crippen LogP contribution in [0.1, 0.15) is 29.6 Å². The Morgan fingerprint density at radius 2 is 1.88 bits per heavy atom. The summed E-state index contributed by atoms with van der Waals surface area (Å²) in [6, 6.07) is 5.09. The SMILES string of the molecule is CN(C(=O)[C@@H]1CCCN(C(=O)c2ccc(F)cc2)C1)[C@H]1CCS(=O)(=O)C1. The van der Waals surface area contributed by atoms with Crippen molar-refractivity contribution in [3.8, 4) is 0 Å². The minimum atomic E-state index is -3.06. The Kier molecular flexibility index (Phi) is 5.32. The predicted molar refractivity (Wildman–Crippen MR) is 94.9 cm³/mol. The van der Waals surface area contributed by atoms with Gasteiger partial charge in [-0.1, -0.05) is 0 Å². The monoisotopic (exact) mass is 382 g/mol. The average molecular weight is 382 g/mol. The van der Waals surface area contributed by atoms with Gasteiger partial charge in [0.15, 0.2) is 9.84 Å². The van der Waals surface area contributed by atoms with Gasteiger partial charge in [-0.3, -0.25) is 9.59 Å². The molecule has 0 aliphatic carbocycles. The zero-order valence-corrected chi connectivity index (χ0v) is 15.5. The van der Waals surface area contributed by atoms with Crippen LogP contribution in [0.5, 0.6) is 0 Å². The molecular weight excluding hydrogens is 359 g/mol. The van der Waals surface area contributed by atoms with Crippen molar-refractivity contribution in [1.82, 2.24) is 9.80 Å². The molecule has 0 saturated carbocycles. The van der Waals surface area contributed by atoms with Crippen LogP contribution in [0.15, 0.2) is 24.3 Å². The van der Waals surface area contributed by atoms with E-state index in [1.165, 1.54) is 24.3 Å². The van der Waals surface area contributed by atoms with E-state index in [9.17, 15) is 22.4 Å². The van der Waals surface area contributed by atoms with Crippen LogP contribution in [0.2, 0.25) is 0 Å². The largest absolute Gasteiger partial charge is 0.341 e. The minimum absolute atomic E-state index is 0.0141. The van der Waals surface area contributed by atoms with E-state index in [1.54, 1.807) is 16.8 Å². The fraction of sp³-hybridized carbons (Fsp3) is 0.556. The lowest BCUT2D eigenvalue weighted by Gasteiger charge is -2.35. The van der Waals surface area contributed by atoms with Crippen LogP contribution >= 0.6 is 0 Å². The first-order chi connectivity index (χ1) is 12.3. The van der Waals surface area contributed by atoms with Crippen molar-refractivity contribution in [2.45, 2.75) is 25.3 Å². The van der Waals surface area contributed by atoms with Gasteiger partial charge in [0, 0.05) is 31.7 Å². The molecule has 6 nitrogen and oxygen atoms in total. The number of rotatable bonds is 3. The smallest absolute Gasteiger partial charge is 0.253 e. The van der Waals surface area contributed by atoms with Crippen LogP contribution < -0.4 is 0 Å². The minimum Gasteiger partial charge on any atom is -0.341 e. The number of nitrogens with zero attached hydrogens (tertiary/aromatic N) is 2. The second-order valence-electron chi connectivity index (χ2n) is 7.10. The first-order valence-corrected chi connectivity index (χ1v) is 10.6. The van der Waals surface area contributed by atoms with Gasteiger partial charge in [0.05, 0.1) is 17.4 Å². The molecule has 0 radical (unpaired) electrons. The van der Waals surface area contributed by atoms with Gasteiger partial charge in [0.1, 0.15) is 5.82 Å². The number of amides is 2. The van der Waals surface area contributed by atoms with Gasteiger partial charge in [0.2, 0.25) is 5.91 Å². The number of sulfone groups is 1. The molecule has 0 spiro atoms. The zero-order valence-electron chi connectivity index (χ0n) is 14.7. The summed E-state index contributed by atoms with van der Waals surface area (Å²) >= 11 is 0. The molecule has 2 aliphatic rings. The summed E-state index contributed by atoms with van der Waals surface area (Å²) in [5.74, 6) is -0.921. The van der Waals surface area contributed by atoms with E-state index < -0.39 is 15.7 Å². The molecule has 2 heterocycles. The molecule has 1 aromatic carbocycles. The fourth-order valence-corrected chi connectivity index (χ4v) is 5.46. The standard InChI is InChI=1S/C18H23FN2O4S/c1-20(16-8-10-26(24,25)12-16)17(22)14-3-2-9-21(11-14)18(23)13-4-6-15(19)7-5-13/h4-7,14,16H,2-3,8-12H2,1H3/t14-,16+/m1/s1. The molecule has 1 aromatic rings. The maximum absolute atomic E-state index is 13.0. The summed E-state index contributed by atoms with van der Waals surface area (Å²) in [4.78, 5) is 28.5. The molecule has 26 heavy (non-hydrogen) atoms. The quantitative estimate of drug-likeness (QED) is 0.790. The lowest BCUT2D eigenvalue weighted by molar-refractivity contribution is -0.137. The number of carbonyl (C=O) groups excluding carboxylic acids is 2. The van der Waals surface area contributed by atoms with Gasteiger partial charge in [-0.25, -0.2) is 12.8 Å². The summed E-state index contributed by atoms with van der Waals surface area (Å²) in [5.41, 5.74) is 0.398. The van der Waals surface area contributed by atoms with E-state index in [0.29, 0.717) is 37.9 Å². The molecule has 142 valence electrons. The fourth-order valence-electron chi connectivity index (χ4n) is 3.69. The van der Waals surface area contributed by atoms with Crippen LogP contribution in [-0.4, -0.2) is 67.7 Å². The third-order valence-electron chi connectivity index (χ3n) is 5.25. The molecule has 0 unspecified atom stereocenters. The molecule has 8 heteroatoms. The molecule has 2 aliphatic heterocycles. The van der Waals surface area contributed by atoms with Crippen molar-refractivity contribution in [2.75, 3.05) is 31.6 Å².